The van der Waals surface area contributed by atoms with E-state index in [0.717, 1.165) is 41.6 Å². The van der Waals surface area contributed by atoms with Crippen LogP contribution in [-0.4, -0.2) is 26.4 Å². The highest BCUT2D eigenvalue weighted by Gasteiger charge is 2.54. The first kappa shape index (κ1) is 12.9. The summed E-state index contributed by atoms with van der Waals surface area (Å²) in [6.07, 6.45) is 3.67. The molecule has 3 atom stereocenters. The SMILES string of the molecule is c1ccc2c(c1)CC1C(CNc3ccc4nnc(C5CC5)n4n3)C21. The predicted molar refractivity (Wildman–Crippen MR) is 91.1 cm³/mol. The molecule has 0 aliphatic heterocycles. The van der Waals surface area contributed by atoms with Gasteiger partial charge in [0.15, 0.2) is 11.5 Å². The van der Waals surface area contributed by atoms with Crippen LogP contribution in [0.2, 0.25) is 0 Å². The van der Waals surface area contributed by atoms with Crippen molar-refractivity contribution in [2.75, 3.05) is 11.9 Å². The lowest BCUT2D eigenvalue weighted by molar-refractivity contribution is 0.714. The third-order valence-corrected chi connectivity index (χ3v) is 5.95. The van der Waals surface area contributed by atoms with Crippen LogP contribution in [0.5, 0.6) is 0 Å². The molecule has 3 aliphatic carbocycles. The molecule has 3 aliphatic rings. The van der Waals surface area contributed by atoms with E-state index < -0.39 is 0 Å². The van der Waals surface area contributed by atoms with Crippen LogP contribution < -0.4 is 5.32 Å². The van der Waals surface area contributed by atoms with Gasteiger partial charge in [-0.15, -0.1) is 15.3 Å². The topological polar surface area (TPSA) is 55.1 Å². The van der Waals surface area contributed by atoms with E-state index in [2.05, 4.69) is 39.8 Å². The van der Waals surface area contributed by atoms with Crippen LogP contribution in [0.3, 0.4) is 0 Å². The van der Waals surface area contributed by atoms with E-state index in [1.54, 1.807) is 11.1 Å². The molecule has 0 spiro atoms. The van der Waals surface area contributed by atoms with Gasteiger partial charge in [0, 0.05) is 12.5 Å². The molecule has 2 heterocycles. The molecule has 0 radical (unpaired) electrons. The average Bonchev–Trinajstić information content (AvgIpc) is 3.49. The number of hydrogen-bond donors (Lipinski definition) is 1. The second kappa shape index (κ2) is 4.56. The van der Waals surface area contributed by atoms with E-state index in [-0.39, 0.29) is 0 Å². The maximum atomic E-state index is 4.71. The summed E-state index contributed by atoms with van der Waals surface area (Å²) in [6.45, 7) is 1.00. The first-order valence-corrected chi connectivity index (χ1v) is 8.92. The van der Waals surface area contributed by atoms with E-state index in [1.807, 2.05) is 16.6 Å². The molecular formula is C19H19N5. The summed E-state index contributed by atoms with van der Waals surface area (Å²) in [7, 11) is 0. The maximum Gasteiger partial charge on any atom is 0.178 e. The molecule has 5 heteroatoms. The third-order valence-electron chi connectivity index (χ3n) is 5.95. The van der Waals surface area contributed by atoms with Crippen LogP contribution in [0.4, 0.5) is 5.82 Å². The van der Waals surface area contributed by atoms with Crippen molar-refractivity contribution in [2.24, 2.45) is 11.8 Å². The molecule has 5 nitrogen and oxygen atoms in total. The molecule has 0 amide bonds. The molecular weight excluding hydrogens is 298 g/mol. The van der Waals surface area contributed by atoms with Crippen molar-refractivity contribution in [3.8, 4) is 0 Å². The fourth-order valence-electron chi connectivity index (χ4n) is 4.48. The summed E-state index contributed by atoms with van der Waals surface area (Å²) >= 11 is 0. The summed E-state index contributed by atoms with van der Waals surface area (Å²) in [4.78, 5) is 0. The largest absolute Gasteiger partial charge is 0.368 e. The number of nitrogens with one attached hydrogen (secondary N) is 1. The predicted octanol–water partition coefficient (Wildman–Crippen LogP) is 3.00. The van der Waals surface area contributed by atoms with Crippen LogP contribution in [0.15, 0.2) is 36.4 Å². The molecule has 1 aromatic carbocycles. The summed E-state index contributed by atoms with van der Waals surface area (Å²) in [5, 5.41) is 16.8. The minimum absolute atomic E-state index is 0.557. The zero-order valence-corrected chi connectivity index (χ0v) is 13.4. The smallest absolute Gasteiger partial charge is 0.178 e. The van der Waals surface area contributed by atoms with E-state index in [9.17, 15) is 0 Å². The fraction of sp³-hybridized carbons (Fsp3) is 0.421. The van der Waals surface area contributed by atoms with Crippen molar-refractivity contribution in [1.82, 2.24) is 19.8 Å². The summed E-state index contributed by atoms with van der Waals surface area (Å²) in [6, 6.07) is 13.0. The number of rotatable bonds is 4. The van der Waals surface area contributed by atoms with Crippen LogP contribution in [0.25, 0.3) is 5.65 Å². The fourth-order valence-corrected chi connectivity index (χ4v) is 4.48. The number of nitrogens with zero attached hydrogens (tertiary/aromatic N) is 4. The zero-order chi connectivity index (χ0) is 15.7. The minimum Gasteiger partial charge on any atom is -0.368 e. The second-order valence-corrected chi connectivity index (χ2v) is 7.46. The Morgan fingerprint density at radius 2 is 2.00 bits per heavy atom. The normalized spacial score (nSPS) is 27.1. The van der Waals surface area contributed by atoms with Crippen LogP contribution >= 0.6 is 0 Å². The molecule has 0 bridgehead atoms. The zero-order valence-electron chi connectivity index (χ0n) is 13.4. The summed E-state index contributed by atoms with van der Waals surface area (Å²) in [5.74, 6) is 4.85. The van der Waals surface area contributed by atoms with Crippen LogP contribution in [0, 0.1) is 11.8 Å². The molecule has 24 heavy (non-hydrogen) atoms. The molecule has 2 fully saturated rings. The number of anilines is 1. The molecule has 2 aromatic heterocycles. The van der Waals surface area contributed by atoms with Gasteiger partial charge in [-0.05, 0) is 60.3 Å². The van der Waals surface area contributed by atoms with Gasteiger partial charge in [-0.3, -0.25) is 0 Å². The Kier molecular flexibility index (Phi) is 2.46. The van der Waals surface area contributed by atoms with Gasteiger partial charge in [0.2, 0.25) is 0 Å². The van der Waals surface area contributed by atoms with Gasteiger partial charge < -0.3 is 5.32 Å². The lowest BCUT2D eigenvalue weighted by Gasteiger charge is -2.09. The molecule has 3 unspecified atom stereocenters. The Labute approximate surface area is 140 Å². The van der Waals surface area contributed by atoms with Gasteiger partial charge in [-0.2, -0.15) is 4.52 Å². The molecule has 0 saturated heterocycles. The summed E-state index contributed by atoms with van der Waals surface area (Å²) < 4.78 is 1.92. The van der Waals surface area contributed by atoms with E-state index in [1.165, 1.54) is 19.3 Å². The molecule has 6 rings (SSSR count). The third kappa shape index (κ3) is 1.84. The Hall–Kier alpha value is -2.43. The molecule has 2 saturated carbocycles. The van der Waals surface area contributed by atoms with Crippen molar-refractivity contribution in [3.05, 3.63) is 53.3 Å². The first-order valence-electron chi connectivity index (χ1n) is 8.92. The van der Waals surface area contributed by atoms with Gasteiger partial charge >= 0.3 is 0 Å². The Bertz CT molecular complexity index is 942. The van der Waals surface area contributed by atoms with Gasteiger partial charge in [0.1, 0.15) is 5.82 Å². The van der Waals surface area contributed by atoms with Gasteiger partial charge in [0.05, 0.1) is 0 Å². The number of hydrogen-bond acceptors (Lipinski definition) is 4. The van der Waals surface area contributed by atoms with Crippen LogP contribution in [0.1, 0.15) is 41.6 Å². The standard InChI is InChI=1S/C19H19N5/c1-2-4-13-12(3-1)9-14-15(18(13)14)10-20-16-7-8-17-21-22-19(11-5-6-11)24(17)23-16/h1-4,7-8,11,14-15,18H,5-6,9-10H2,(H,20,23). The second-order valence-electron chi connectivity index (χ2n) is 7.46. The monoisotopic (exact) mass is 317 g/mol. The highest BCUT2D eigenvalue weighted by atomic mass is 15.4. The van der Waals surface area contributed by atoms with Gasteiger partial charge in [-0.1, -0.05) is 24.3 Å². The Morgan fingerprint density at radius 3 is 2.92 bits per heavy atom. The van der Waals surface area contributed by atoms with Crippen LogP contribution in [-0.2, 0) is 6.42 Å². The number of benzene rings is 1. The number of fused-ring (bicyclic) bond motifs is 4. The van der Waals surface area contributed by atoms with Crippen molar-refractivity contribution < 1.29 is 0 Å². The molecule has 3 aromatic rings. The van der Waals surface area contributed by atoms with Crippen molar-refractivity contribution in [3.63, 3.8) is 0 Å². The van der Waals surface area contributed by atoms with Crippen molar-refractivity contribution in [2.45, 2.75) is 31.1 Å². The quantitative estimate of drug-likeness (QED) is 0.804. The van der Waals surface area contributed by atoms with E-state index in [0.29, 0.717) is 5.92 Å². The average molecular weight is 317 g/mol. The number of aromatic nitrogens is 4. The van der Waals surface area contributed by atoms with Crippen molar-refractivity contribution in [1.29, 1.82) is 0 Å². The minimum atomic E-state index is 0.557. The molecule has 120 valence electrons. The Balaban J connectivity index is 1.20. The van der Waals surface area contributed by atoms with Crippen molar-refractivity contribution >= 4 is 11.5 Å². The maximum absolute atomic E-state index is 4.71. The van der Waals surface area contributed by atoms with Gasteiger partial charge in [-0.25, -0.2) is 0 Å². The Morgan fingerprint density at radius 1 is 1.08 bits per heavy atom. The van der Waals surface area contributed by atoms with E-state index in [4.69, 9.17) is 5.10 Å². The lowest BCUT2D eigenvalue weighted by Crippen LogP contribution is -2.11. The lowest BCUT2D eigenvalue weighted by atomic mass is 10.0. The highest BCUT2D eigenvalue weighted by molar-refractivity contribution is 5.47. The summed E-state index contributed by atoms with van der Waals surface area (Å²) in [5.41, 5.74) is 3.98. The first-order chi connectivity index (χ1) is 11.9. The highest BCUT2D eigenvalue weighted by Crippen LogP contribution is 2.61. The molecule has 1 N–H and O–H groups in total. The van der Waals surface area contributed by atoms with E-state index >= 15 is 0 Å². The van der Waals surface area contributed by atoms with Gasteiger partial charge in [0.25, 0.3) is 0 Å².